The number of amides is 1. The van der Waals surface area contributed by atoms with Crippen molar-refractivity contribution in [3.05, 3.63) is 17.3 Å². The van der Waals surface area contributed by atoms with Gasteiger partial charge in [0, 0.05) is 33.1 Å². The van der Waals surface area contributed by atoms with Gasteiger partial charge >= 0.3 is 0 Å². The molecule has 3 rings (SSSR count). The van der Waals surface area contributed by atoms with Gasteiger partial charge in [-0.1, -0.05) is 11.6 Å². The molecular weight excluding hydrogens is 292 g/mol. The summed E-state index contributed by atoms with van der Waals surface area (Å²) in [6.07, 6.45) is 0. The van der Waals surface area contributed by atoms with Crippen LogP contribution in [0.2, 0.25) is 5.15 Å². The molecule has 0 aliphatic carbocycles. The lowest BCUT2D eigenvalue weighted by atomic mass is 10.2. The molecule has 0 aromatic carbocycles. The van der Waals surface area contributed by atoms with E-state index in [0.717, 1.165) is 0 Å². The molecule has 1 fully saturated rings. The number of fused-ring (bicyclic) bond motifs is 1. The number of nitrogen functional groups attached to an aromatic ring is 1. The molecule has 21 heavy (non-hydrogen) atoms. The fourth-order valence-corrected chi connectivity index (χ4v) is 2.59. The van der Waals surface area contributed by atoms with E-state index in [-0.39, 0.29) is 11.9 Å². The van der Waals surface area contributed by atoms with E-state index in [1.165, 1.54) is 0 Å². The van der Waals surface area contributed by atoms with Crippen LogP contribution in [0.3, 0.4) is 0 Å². The topological polar surface area (TPSA) is 88.2 Å². The Bertz CT molecular complexity index is 698. The first-order chi connectivity index (χ1) is 10.0. The second-order valence-electron chi connectivity index (χ2n) is 4.90. The Morgan fingerprint density at radius 1 is 1.19 bits per heavy atom. The summed E-state index contributed by atoms with van der Waals surface area (Å²) in [5.41, 5.74) is 7.07. The highest BCUT2D eigenvalue weighted by atomic mass is 35.5. The van der Waals surface area contributed by atoms with Gasteiger partial charge in [-0.2, -0.15) is 4.98 Å². The van der Waals surface area contributed by atoms with Gasteiger partial charge in [-0.25, -0.2) is 9.97 Å². The molecule has 3 heterocycles. The predicted octanol–water partition coefficient (Wildman–Crippen LogP) is 0.929. The number of hydrogen-bond donors (Lipinski definition) is 1. The summed E-state index contributed by atoms with van der Waals surface area (Å²) in [5, 5.41) is 0.388. The quantitative estimate of drug-likeness (QED) is 0.789. The fourth-order valence-electron chi connectivity index (χ4n) is 2.45. The molecule has 2 N–H and O–H groups in total. The van der Waals surface area contributed by atoms with Gasteiger partial charge in [0.1, 0.15) is 10.7 Å². The van der Waals surface area contributed by atoms with Crippen molar-refractivity contribution in [2.45, 2.75) is 6.92 Å². The average Bonchev–Trinajstić information content (AvgIpc) is 2.47. The number of anilines is 2. The highest BCUT2D eigenvalue weighted by Crippen LogP contribution is 2.25. The number of pyridine rings is 1. The van der Waals surface area contributed by atoms with Crippen LogP contribution in [0.5, 0.6) is 0 Å². The molecule has 110 valence electrons. The molecule has 0 bridgehead atoms. The van der Waals surface area contributed by atoms with E-state index in [0.29, 0.717) is 48.2 Å². The van der Waals surface area contributed by atoms with Gasteiger partial charge in [0.05, 0.1) is 5.52 Å². The van der Waals surface area contributed by atoms with Crippen LogP contribution >= 0.6 is 11.6 Å². The van der Waals surface area contributed by atoms with Crippen molar-refractivity contribution in [2.75, 3.05) is 36.8 Å². The van der Waals surface area contributed by atoms with Crippen molar-refractivity contribution >= 4 is 40.3 Å². The Hall–Kier alpha value is -2.15. The van der Waals surface area contributed by atoms with Crippen molar-refractivity contribution in [1.82, 2.24) is 19.9 Å². The van der Waals surface area contributed by atoms with Crippen LogP contribution in [0.25, 0.3) is 11.0 Å². The van der Waals surface area contributed by atoms with Crippen molar-refractivity contribution in [2.24, 2.45) is 0 Å². The Morgan fingerprint density at radius 3 is 2.57 bits per heavy atom. The summed E-state index contributed by atoms with van der Waals surface area (Å²) in [6.45, 7) is 4.25. The minimum Gasteiger partial charge on any atom is -0.368 e. The monoisotopic (exact) mass is 306 g/mol. The van der Waals surface area contributed by atoms with Crippen molar-refractivity contribution in [3.63, 3.8) is 0 Å². The van der Waals surface area contributed by atoms with Gasteiger partial charge in [-0.3, -0.25) is 4.79 Å². The number of piperazine rings is 1. The van der Waals surface area contributed by atoms with Crippen LogP contribution in [0, 0.1) is 0 Å². The predicted molar refractivity (Wildman–Crippen MR) is 81.2 cm³/mol. The van der Waals surface area contributed by atoms with E-state index in [1.807, 2.05) is 4.90 Å². The third kappa shape index (κ3) is 2.69. The normalized spacial score (nSPS) is 15.5. The molecular formula is C13H15ClN6O. The maximum absolute atomic E-state index is 11.4. The Morgan fingerprint density at radius 2 is 1.90 bits per heavy atom. The van der Waals surface area contributed by atoms with E-state index >= 15 is 0 Å². The number of carbonyl (C=O) groups is 1. The van der Waals surface area contributed by atoms with Gasteiger partial charge < -0.3 is 15.5 Å². The summed E-state index contributed by atoms with van der Waals surface area (Å²) >= 11 is 5.96. The van der Waals surface area contributed by atoms with Crippen LogP contribution in [-0.2, 0) is 4.79 Å². The Balaban J connectivity index is 1.97. The minimum absolute atomic E-state index is 0.0860. The number of carbonyl (C=O) groups excluding carboxylic acids is 1. The summed E-state index contributed by atoms with van der Waals surface area (Å²) in [7, 11) is 0. The summed E-state index contributed by atoms with van der Waals surface area (Å²) in [5.74, 6) is 0.960. The molecule has 0 spiro atoms. The molecule has 8 heteroatoms. The number of aromatic nitrogens is 3. The van der Waals surface area contributed by atoms with Crippen LogP contribution in [0.1, 0.15) is 6.92 Å². The number of nitrogens with two attached hydrogens (primary N) is 1. The highest BCUT2D eigenvalue weighted by Gasteiger charge is 2.22. The van der Waals surface area contributed by atoms with E-state index in [1.54, 1.807) is 19.1 Å². The Labute approximate surface area is 126 Å². The fraction of sp³-hybridized carbons (Fsp3) is 0.385. The van der Waals surface area contributed by atoms with E-state index < -0.39 is 0 Å². The Kier molecular flexibility index (Phi) is 3.50. The van der Waals surface area contributed by atoms with E-state index in [2.05, 4.69) is 19.9 Å². The lowest BCUT2D eigenvalue weighted by Crippen LogP contribution is -2.48. The molecule has 2 aromatic rings. The molecule has 0 atom stereocenters. The maximum atomic E-state index is 11.4. The molecule has 1 aliphatic rings. The molecule has 0 saturated carbocycles. The lowest BCUT2D eigenvalue weighted by Gasteiger charge is -2.35. The van der Waals surface area contributed by atoms with Crippen LogP contribution in [-0.4, -0.2) is 51.9 Å². The van der Waals surface area contributed by atoms with Crippen LogP contribution < -0.4 is 10.6 Å². The molecule has 0 radical (unpaired) electrons. The van der Waals surface area contributed by atoms with Crippen LogP contribution in [0.15, 0.2) is 12.1 Å². The third-order valence-corrected chi connectivity index (χ3v) is 3.74. The van der Waals surface area contributed by atoms with E-state index in [4.69, 9.17) is 17.3 Å². The largest absolute Gasteiger partial charge is 0.368 e. The zero-order chi connectivity index (χ0) is 15.0. The molecule has 7 nitrogen and oxygen atoms in total. The SMILES string of the molecule is CC(=O)N1CCN(c2nc(N)nc3ccc(Cl)nc23)CC1. The van der Waals surface area contributed by atoms with E-state index in [9.17, 15) is 4.79 Å². The summed E-state index contributed by atoms with van der Waals surface area (Å²) in [4.78, 5) is 28.0. The highest BCUT2D eigenvalue weighted by molar-refractivity contribution is 6.29. The van der Waals surface area contributed by atoms with Crippen LogP contribution in [0.4, 0.5) is 11.8 Å². The minimum atomic E-state index is 0.0860. The van der Waals surface area contributed by atoms with Crippen molar-refractivity contribution < 1.29 is 4.79 Å². The number of hydrogen-bond acceptors (Lipinski definition) is 6. The van der Waals surface area contributed by atoms with Crippen molar-refractivity contribution in [3.8, 4) is 0 Å². The zero-order valence-electron chi connectivity index (χ0n) is 11.6. The van der Waals surface area contributed by atoms with Gasteiger partial charge in [-0.15, -0.1) is 0 Å². The summed E-state index contributed by atoms with van der Waals surface area (Å²) < 4.78 is 0. The smallest absolute Gasteiger partial charge is 0.222 e. The second kappa shape index (κ2) is 5.33. The standard InChI is InChI=1S/C13H15ClN6O/c1-8(21)19-4-6-20(7-5-19)12-11-9(16-13(15)18-12)2-3-10(14)17-11/h2-3H,4-7H2,1H3,(H2,15,16,18). The number of halogens is 1. The zero-order valence-corrected chi connectivity index (χ0v) is 12.3. The molecule has 1 amide bonds. The van der Waals surface area contributed by atoms with Crippen molar-refractivity contribution in [1.29, 1.82) is 0 Å². The average molecular weight is 307 g/mol. The van der Waals surface area contributed by atoms with Gasteiger partial charge in [0.15, 0.2) is 5.82 Å². The molecule has 2 aromatic heterocycles. The molecule has 1 aliphatic heterocycles. The van der Waals surface area contributed by atoms with Gasteiger partial charge in [-0.05, 0) is 12.1 Å². The van der Waals surface area contributed by atoms with Gasteiger partial charge in [0.25, 0.3) is 0 Å². The summed E-state index contributed by atoms with van der Waals surface area (Å²) in [6, 6.07) is 3.45. The second-order valence-corrected chi connectivity index (χ2v) is 5.29. The first-order valence-electron chi connectivity index (χ1n) is 6.65. The third-order valence-electron chi connectivity index (χ3n) is 3.53. The molecule has 1 saturated heterocycles. The first-order valence-corrected chi connectivity index (χ1v) is 7.02. The first kappa shape index (κ1) is 13.8. The maximum Gasteiger partial charge on any atom is 0.222 e. The van der Waals surface area contributed by atoms with Gasteiger partial charge in [0.2, 0.25) is 11.9 Å². The lowest BCUT2D eigenvalue weighted by molar-refractivity contribution is -0.129. The number of rotatable bonds is 1. The number of nitrogens with zero attached hydrogens (tertiary/aromatic N) is 5. The molecule has 0 unspecified atom stereocenters.